The molecule has 250 valence electrons. The highest BCUT2D eigenvalue weighted by atomic mass is 16.9. The van der Waals surface area contributed by atoms with Crippen molar-refractivity contribution < 1.29 is 66.7 Å². The molecular weight excluding hydrogens is 584 g/mol. The Morgan fingerprint density at radius 3 is 1.93 bits per heavy atom. The SMILES string of the molecule is COC1OC2OC3C(COC4CCCC(C5OC(CO)C6OC7OC(C8CCCCC8)OC7C6O5)C4)OC(OC)OC3C2O1. The Bertz CT molecular complexity index is 968. The first kappa shape index (κ1) is 30.8. The molecule has 14 heteroatoms. The zero-order valence-corrected chi connectivity index (χ0v) is 25.3. The summed E-state index contributed by atoms with van der Waals surface area (Å²) in [5.74, 6) is 0.479. The molecule has 44 heavy (non-hydrogen) atoms. The topological polar surface area (TPSA) is 140 Å². The molecule has 0 bridgehead atoms. The number of ether oxygens (including phenoxy) is 13. The lowest BCUT2D eigenvalue weighted by molar-refractivity contribution is -0.381. The third-order valence-corrected chi connectivity index (χ3v) is 10.5. The maximum absolute atomic E-state index is 10.2. The molecule has 0 aromatic heterocycles. The minimum Gasteiger partial charge on any atom is -0.394 e. The number of methoxy groups -OCH3 is 2. The van der Waals surface area contributed by atoms with E-state index >= 15 is 0 Å². The molecule has 1 N–H and O–H groups in total. The van der Waals surface area contributed by atoms with Crippen LogP contribution in [0.4, 0.5) is 0 Å². The highest BCUT2D eigenvalue weighted by molar-refractivity contribution is 5.00. The lowest BCUT2D eigenvalue weighted by Crippen LogP contribution is -2.55. The third kappa shape index (κ3) is 5.76. The summed E-state index contributed by atoms with van der Waals surface area (Å²) in [4.78, 5) is 0. The van der Waals surface area contributed by atoms with Gasteiger partial charge in [0.2, 0.25) is 0 Å². The van der Waals surface area contributed by atoms with Crippen LogP contribution in [0.3, 0.4) is 0 Å². The van der Waals surface area contributed by atoms with Crippen LogP contribution < -0.4 is 0 Å². The summed E-state index contributed by atoms with van der Waals surface area (Å²) in [6.45, 7) is -1.55. The van der Waals surface area contributed by atoms with E-state index in [1.54, 1.807) is 0 Å². The molecule has 8 rings (SSSR count). The molecule has 16 unspecified atom stereocenters. The number of hydrogen-bond acceptors (Lipinski definition) is 14. The second kappa shape index (κ2) is 13.2. The van der Waals surface area contributed by atoms with Crippen LogP contribution in [0.25, 0.3) is 0 Å². The smallest absolute Gasteiger partial charge is 0.274 e. The second-order valence-electron chi connectivity index (χ2n) is 13.2. The standard InChI is InChI=1S/C30H46O14/c1-32-29-36-18(20-22(41-29)24-28(38-20)44-30(33-2)42-24)13-34-16-10-6-9-15(11-16)26-35-17(12-31)19-21(39-26)23-27(37-19)43-25(40-23)14-7-4-3-5-8-14/h14-31H,3-13H2,1-2H3. The van der Waals surface area contributed by atoms with E-state index in [1.165, 1.54) is 33.5 Å². The van der Waals surface area contributed by atoms with Gasteiger partial charge in [-0.15, -0.1) is 0 Å². The van der Waals surface area contributed by atoms with Gasteiger partial charge in [0.25, 0.3) is 13.0 Å². The molecule has 2 aliphatic carbocycles. The quantitative estimate of drug-likeness (QED) is 0.414. The van der Waals surface area contributed by atoms with Crippen molar-refractivity contribution in [2.45, 2.75) is 151 Å². The summed E-state index contributed by atoms with van der Waals surface area (Å²) in [5, 5.41) is 10.2. The Morgan fingerprint density at radius 1 is 0.523 bits per heavy atom. The molecule has 0 aromatic carbocycles. The van der Waals surface area contributed by atoms with Gasteiger partial charge < -0.3 is 61.9 Å². The Morgan fingerprint density at radius 2 is 1.14 bits per heavy atom. The molecule has 16 atom stereocenters. The van der Waals surface area contributed by atoms with Crippen LogP contribution in [0.2, 0.25) is 0 Å². The van der Waals surface area contributed by atoms with Crippen molar-refractivity contribution in [1.29, 1.82) is 0 Å². The first-order chi connectivity index (χ1) is 21.6. The Labute approximate surface area is 257 Å². The molecule has 6 saturated heterocycles. The van der Waals surface area contributed by atoms with Crippen molar-refractivity contribution in [2.75, 3.05) is 27.4 Å². The average Bonchev–Trinajstić information content (AvgIpc) is 3.83. The minimum absolute atomic E-state index is 0.0299. The van der Waals surface area contributed by atoms with Crippen molar-refractivity contribution in [3.63, 3.8) is 0 Å². The van der Waals surface area contributed by atoms with Gasteiger partial charge in [-0.25, -0.2) is 0 Å². The maximum atomic E-state index is 10.2. The van der Waals surface area contributed by atoms with Crippen molar-refractivity contribution in [3.8, 4) is 0 Å². The summed E-state index contributed by atoms with van der Waals surface area (Å²) in [6.07, 6.45) is 4.16. The van der Waals surface area contributed by atoms with E-state index in [-0.39, 0.29) is 43.7 Å². The largest absolute Gasteiger partial charge is 0.394 e. The predicted octanol–water partition coefficient (Wildman–Crippen LogP) is 1.50. The number of hydrogen-bond donors (Lipinski definition) is 1. The summed E-state index contributed by atoms with van der Waals surface area (Å²) in [6, 6.07) is 0. The number of aliphatic hydroxyl groups is 1. The number of rotatable bonds is 8. The van der Waals surface area contributed by atoms with Crippen molar-refractivity contribution in [2.24, 2.45) is 11.8 Å². The van der Waals surface area contributed by atoms with Gasteiger partial charge in [0.1, 0.15) is 48.8 Å². The fourth-order valence-electron chi connectivity index (χ4n) is 8.28. The van der Waals surface area contributed by atoms with Crippen LogP contribution >= 0.6 is 0 Å². The van der Waals surface area contributed by atoms with Crippen molar-refractivity contribution >= 4 is 0 Å². The van der Waals surface area contributed by atoms with E-state index < -0.39 is 68.4 Å². The van der Waals surface area contributed by atoms with E-state index in [0.29, 0.717) is 5.92 Å². The van der Waals surface area contributed by atoms with Crippen LogP contribution in [0, 0.1) is 11.8 Å². The summed E-state index contributed by atoms with van der Waals surface area (Å²) in [5.41, 5.74) is 0. The van der Waals surface area contributed by atoms with E-state index in [0.717, 1.165) is 38.5 Å². The monoisotopic (exact) mass is 630 g/mol. The van der Waals surface area contributed by atoms with Crippen LogP contribution in [-0.4, -0.2) is 126 Å². The molecule has 8 aliphatic rings. The number of aliphatic hydroxyl groups excluding tert-OH is 1. The number of fused-ring (bicyclic) bond motifs is 6. The molecule has 0 aromatic rings. The first-order valence-electron chi connectivity index (χ1n) is 16.4. The molecule has 6 aliphatic heterocycles. The lowest BCUT2D eigenvalue weighted by atomic mass is 9.86. The normalized spacial score (nSPS) is 52.4. The molecule has 6 heterocycles. The second-order valence-corrected chi connectivity index (χ2v) is 13.2. The summed E-state index contributed by atoms with van der Waals surface area (Å²) >= 11 is 0. The molecule has 0 spiro atoms. The van der Waals surface area contributed by atoms with Gasteiger partial charge in [0.15, 0.2) is 25.2 Å². The Kier molecular flexibility index (Phi) is 9.19. The first-order valence-corrected chi connectivity index (χ1v) is 16.4. The van der Waals surface area contributed by atoms with Crippen LogP contribution in [-0.2, 0) is 61.6 Å². The zero-order chi connectivity index (χ0) is 29.8. The van der Waals surface area contributed by atoms with Gasteiger partial charge in [-0.1, -0.05) is 25.7 Å². The molecule has 14 nitrogen and oxygen atoms in total. The van der Waals surface area contributed by atoms with Gasteiger partial charge in [-0.05, 0) is 32.1 Å². The van der Waals surface area contributed by atoms with Crippen LogP contribution in [0.15, 0.2) is 0 Å². The summed E-state index contributed by atoms with van der Waals surface area (Å²) < 4.78 is 78.3. The van der Waals surface area contributed by atoms with Gasteiger partial charge in [0.05, 0.1) is 19.3 Å². The average molecular weight is 631 g/mol. The lowest BCUT2D eigenvalue weighted by Gasteiger charge is -2.43. The third-order valence-electron chi connectivity index (χ3n) is 10.5. The molecule has 2 saturated carbocycles. The predicted molar refractivity (Wildman–Crippen MR) is 143 cm³/mol. The fourth-order valence-corrected chi connectivity index (χ4v) is 8.28. The molecule has 0 amide bonds. The summed E-state index contributed by atoms with van der Waals surface area (Å²) in [7, 11) is 3.03. The van der Waals surface area contributed by atoms with E-state index in [1.807, 2.05) is 0 Å². The van der Waals surface area contributed by atoms with E-state index in [9.17, 15) is 5.11 Å². The maximum Gasteiger partial charge on any atom is 0.274 e. The minimum atomic E-state index is -0.874. The van der Waals surface area contributed by atoms with Crippen molar-refractivity contribution in [3.05, 3.63) is 0 Å². The molecule has 0 radical (unpaired) electrons. The molecular formula is C30H46O14. The van der Waals surface area contributed by atoms with Crippen LogP contribution in [0.1, 0.15) is 57.8 Å². The van der Waals surface area contributed by atoms with Gasteiger partial charge in [-0.3, -0.25) is 4.74 Å². The van der Waals surface area contributed by atoms with Gasteiger partial charge >= 0.3 is 0 Å². The highest BCUT2D eigenvalue weighted by Crippen LogP contribution is 2.45. The Balaban J connectivity index is 0.880. The van der Waals surface area contributed by atoms with E-state index in [4.69, 9.17) is 61.6 Å². The van der Waals surface area contributed by atoms with E-state index in [2.05, 4.69) is 0 Å². The zero-order valence-electron chi connectivity index (χ0n) is 25.3. The Hall–Kier alpha value is -0.560. The van der Waals surface area contributed by atoms with Crippen LogP contribution in [0.5, 0.6) is 0 Å². The van der Waals surface area contributed by atoms with Gasteiger partial charge in [0, 0.05) is 26.1 Å². The fraction of sp³-hybridized carbons (Fsp3) is 1.00. The van der Waals surface area contributed by atoms with Gasteiger partial charge in [-0.2, -0.15) is 0 Å². The highest BCUT2D eigenvalue weighted by Gasteiger charge is 2.61. The van der Waals surface area contributed by atoms with Crippen molar-refractivity contribution in [1.82, 2.24) is 0 Å². The molecule has 8 fully saturated rings.